The number of nitro groups is 1. The molecule has 5 aromatic rings. The van der Waals surface area contributed by atoms with E-state index in [-0.39, 0.29) is 16.5 Å². The molecular weight excluding hydrogens is 484 g/mol. The van der Waals surface area contributed by atoms with Gasteiger partial charge in [0.05, 0.1) is 10.4 Å². The highest BCUT2D eigenvalue weighted by Gasteiger charge is 2.31. The van der Waals surface area contributed by atoms with Crippen LogP contribution in [-0.2, 0) is 6.42 Å². The van der Waals surface area contributed by atoms with Crippen LogP contribution in [0.1, 0.15) is 46.8 Å². The monoisotopic (exact) mass is 512 g/mol. The Labute approximate surface area is 226 Å². The maximum Gasteiger partial charge on any atom is 0.293 e. The molecule has 2 aliphatic carbocycles. The molecule has 0 N–H and O–H groups in total. The van der Waals surface area contributed by atoms with E-state index in [4.69, 9.17) is 4.98 Å². The van der Waals surface area contributed by atoms with Crippen molar-refractivity contribution < 1.29 is 4.92 Å². The molecule has 6 nitrogen and oxygen atoms in total. The number of nitrogens with zero attached hydrogens (tertiary/aromatic N) is 4. The number of fused-ring (bicyclic) bond motifs is 5. The minimum absolute atomic E-state index is 0.133. The molecule has 7 rings (SSSR count). The molecule has 6 heteroatoms. The predicted molar refractivity (Wildman–Crippen MR) is 156 cm³/mol. The van der Waals surface area contributed by atoms with Gasteiger partial charge in [0.25, 0.3) is 5.69 Å². The molecule has 0 amide bonds. The van der Waals surface area contributed by atoms with Gasteiger partial charge in [0.1, 0.15) is 5.69 Å². The van der Waals surface area contributed by atoms with Gasteiger partial charge in [-0.2, -0.15) is 0 Å². The molecule has 2 aromatic carbocycles. The van der Waals surface area contributed by atoms with E-state index >= 15 is 0 Å². The van der Waals surface area contributed by atoms with E-state index in [9.17, 15) is 10.1 Å². The molecule has 1 atom stereocenters. The SMILES string of the molecule is Cc1cc(C2Cc3c(ccc4ccccc34)C3=C2CCC=C3)nc(C)c1[N+](=O)[O-].c1cnc2ccncc2c1. The summed E-state index contributed by atoms with van der Waals surface area (Å²) in [7, 11) is 0. The Morgan fingerprint density at radius 1 is 0.974 bits per heavy atom. The van der Waals surface area contributed by atoms with E-state index in [1.54, 1.807) is 19.3 Å². The standard InChI is InChI=1S/C25H22N2O2.C8H6N2/c1-15-13-24(26-16(2)25(15)27(28)29)23-14-22-18-8-4-3-7-17(18)11-12-21(22)19-9-5-6-10-20(19)23;1-2-7-6-9-5-3-8(7)10-4-1/h3-5,7-9,11-13,23H,6,10,14H2,1-2H3;1-6H. The van der Waals surface area contributed by atoms with E-state index < -0.39 is 0 Å². The summed E-state index contributed by atoms with van der Waals surface area (Å²) in [6.45, 7) is 3.56. The molecule has 0 aliphatic heterocycles. The first-order valence-electron chi connectivity index (χ1n) is 13.2. The fourth-order valence-electron chi connectivity index (χ4n) is 5.95. The minimum atomic E-state index is -0.320. The normalized spacial score (nSPS) is 15.9. The molecule has 0 bridgehead atoms. The summed E-state index contributed by atoms with van der Waals surface area (Å²) in [6, 6.07) is 20.7. The smallest absolute Gasteiger partial charge is 0.264 e. The lowest BCUT2D eigenvalue weighted by atomic mass is 9.72. The summed E-state index contributed by atoms with van der Waals surface area (Å²) >= 11 is 0. The molecule has 0 fully saturated rings. The van der Waals surface area contributed by atoms with E-state index in [0.29, 0.717) is 11.3 Å². The van der Waals surface area contributed by atoms with Gasteiger partial charge in [-0.25, -0.2) is 0 Å². The zero-order valence-electron chi connectivity index (χ0n) is 22.0. The van der Waals surface area contributed by atoms with Gasteiger partial charge in [-0.3, -0.25) is 25.1 Å². The first-order valence-corrected chi connectivity index (χ1v) is 13.2. The Bertz CT molecular complexity index is 1720. The summed E-state index contributed by atoms with van der Waals surface area (Å²) in [5.74, 6) is 0.159. The number of aromatic nitrogens is 3. The van der Waals surface area contributed by atoms with Gasteiger partial charge in [-0.05, 0) is 84.8 Å². The van der Waals surface area contributed by atoms with Crippen molar-refractivity contribution in [3.05, 3.63) is 135 Å². The molecule has 1 unspecified atom stereocenters. The van der Waals surface area contributed by atoms with Crippen molar-refractivity contribution in [3.63, 3.8) is 0 Å². The average molecular weight is 513 g/mol. The van der Waals surface area contributed by atoms with E-state index in [1.807, 2.05) is 37.4 Å². The Hall–Kier alpha value is -4.71. The Balaban J connectivity index is 0.000000231. The van der Waals surface area contributed by atoms with Crippen molar-refractivity contribution >= 4 is 32.9 Å². The fraction of sp³-hybridized carbons (Fsp3) is 0.182. The molecule has 0 saturated carbocycles. The third-order valence-corrected chi connectivity index (χ3v) is 7.69. The van der Waals surface area contributed by atoms with Crippen LogP contribution in [0.5, 0.6) is 0 Å². The molecule has 39 heavy (non-hydrogen) atoms. The van der Waals surface area contributed by atoms with Crippen molar-refractivity contribution in [2.75, 3.05) is 0 Å². The highest BCUT2D eigenvalue weighted by Crippen LogP contribution is 2.46. The van der Waals surface area contributed by atoms with Gasteiger partial charge >= 0.3 is 0 Å². The number of benzene rings is 2. The Morgan fingerprint density at radius 3 is 2.64 bits per heavy atom. The van der Waals surface area contributed by atoms with Crippen molar-refractivity contribution in [1.82, 2.24) is 15.0 Å². The highest BCUT2D eigenvalue weighted by atomic mass is 16.6. The largest absolute Gasteiger partial charge is 0.293 e. The van der Waals surface area contributed by atoms with Crippen LogP contribution in [0, 0.1) is 24.0 Å². The average Bonchev–Trinajstić information content (AvgIpc) is 2.96. The van der Waals surface area contributed by atoms with Crippen LogP contribution in [0.3, 0.4) is 0 Å². The van der Waals surface area contributed by atoms with Crippen molar-refractivity contribution in [2.45, 2.75) is 39.0 Å². The number of pyridine rings is 3. The van der Waals surface area contributed by atoms with Gasteiger partial charge in [-0.15, -0.1) is 0 Å². The van der Waals surface area contributed by atoms with Gasteiger partial charge in [-0.1, -0.05) is 54.1 Å². The van der Waals surface area contributed by atoms with Gasteiger partial charge < -0.3 is 0 Å². The minimum Gasteiger partial charge on any atom is -0.264 e. The second-order valence-electron chi connectivity index (χ2n) is 10.1. The molecule has 0 spiro atoms. The number of hydrogen-bond acceptors (Lipinski definition) is 5. The molecule has 0 radical (unpaired) electrons. The second-order valence-corrected chi connectivity index (χ2v) is 10.1. The summed E-state index contributed by atoms with van der Waals surface area (Å²) < 4.78 is 0. The fourth-order valence-corrected chi connectivity index (χ4v) is 5.95. The van der Waals surface area contributed by atoms with Gasteiger partial charge in [0, 0.05) is 41.2 Å². The quantitative estimate of drug-likeness (QED) is 0.178. The molecule has 192 valence electrons. The highest BCUT2D eigenvalue weighted by molar-refractivity contribution is 5.94. The lowest BCUT2D eigenvalue weighted by Crippen LogP contribution is -2.18. The predicted octanol–water partition coefficient (Wildman–Crippen LogP) is 7.83. The lowest BCUT2D eigenvalue weighted by molar-refractivity contribution is -0.386. The molecule has 2 aliphatic rings. The maximum atomic E-state index is 11.4. The first kappa shape index (κ1) is 24.6. The van der Waals surface area contributed by atoms with Crippen LogP contribution in [0.25, 0.3) is 27.2 Å². The van der Waals surface area contributed by atoms with Crippen molar-refractivity contribution in [3.8, 4) is 0 Å². The Kier molecular flexibility index (Phi) is 6.45. The second kappa shape index (κ2) is 10.2. The zero-order chi connectivity index (χ0) is 26.9. The summed E-state index contributed by atoms with van der Waals surface area (Å²) in [5.41, 5.74) is 8.67. The lowest BCUT2D eigenvalue weighted by Gasteiger charge is -2.32. The van der Waals surface area contributed by atoms with Crippen LogP contribution in [0.4, 0.5) is 5.69 Å². The van der Waals surface area contributed by atoms with Crippen LogP contribution in [0.15, 0.2) is 97.0 Å². The van der Waals surface area contributed by atoms with Crippen LogP contribution >= 0.6 is 0 Å². The van der Waals surface area contributed by atoms with Gasteiger partial charge in [0.15, 0.2) is 0 Å². The van der Waals surface area contributed by atoms with Crippen LogP contribution < -0.4 is 0 Å². The number of hydrogen-bond donors (Lipinski definition) is 0. The van der Waals surface area contributed by atoms with Gasteiger partial charge in [0.2, 0.25) is 0 Å². The topological polar surface area (TPSA) is 81.8 Å². The summed E-state index contributed by atoms with van der Waals surface area (Å²) in [4.78, 5) is 23.9. The third-order valence-electron chi connectivity index (χ3n) is 7.69. The molecule has 3 heterocycles. The van der Waals surface area contributed by atoms with Crippen LogP contribution in [0.2, 0.25) is 0 Å². The third kappa shape index (κ3) is 4.59. The number of allylic oxidation sites excluding steroid dienone is 4. The number of aryl methyl sites for hydroxylation is 2. The van der Waals surface area contributed by atoms with Crippen molar-refractivity contribution in [1.29, 1.82) is 0 Å². The molecular formula is C33H28N4O2. The van der Waals surface area contributed by atoms with Crippen molar-refractivity contribution in [2.24, 2.45) is 0 Å². The number of rotatable bonds is 2. The summed E-state index contributed by atoms with van der Waals surface area (Å²) in [6.07, 6.45) is 12.8. The van der Waals surface area contributed by atoms with E-state index in [0.717, 1.165) is 35.9 Å². The Morgan fingerprint density at radius 2 is 1.82 bits per heavy atom. The molecule has 3 aromatic heterocycles. The van der Waals surface area contributed by atoms with E-state index in [1.165, 1.54) is 33.0 Å². The first-order chi connectivity index (χ1) is 19.0. The zero-order valence-corrected chi connectivity index (χ0v) is 22.0. The van der Waals surface area contributed by atoms with Crippen LogP contribution in [-0.4, -0.2) is 19.9 Å². The molecule has 0 saturated heterocycles. The van der Waals surface area contributed by atoms with E-state index in [2.05, 4.69) is 58.5 Å². The maximum absolute atomic E-state index is 11.4. The summed E-state index contributed by atoms with van der Waals surface area (Å²) in [5, 5.41) is 15.0.